The van der Waals surface area contributed by atoms with Gasteiger partial charge < -0.3 is 0 Å². The number of hydrogen-bond acceptors (Lipinski definition) is 2. The van der Waals surface area contributed by atoms with E-state index in [-0.39, 0.29) is 0 Å². The highest BCUT2D eigenvalue weighted by molar-refractivity contribution is 7.80. The second kappa shape index (κ2) is 4.53. The van der Waals surface area contributed by atoms with E-state index in [4.69, 9.17) is 0 Å². The van der Waals surface area contributed by atoms with Crippen LogP contribution >= 0.6 is 12.6 Å². The number of nitrogens with zero attached hydrogens (tertiary/aromatic N) is 1. The van der Waals surface area contributed by atoms with Gasteiger partial charge in [0.2, 0.25) is 0 Å². The molecule has 0 aliphatic carbocycles. The van der Waals surface area contributed by atoms with Crippen LogP contribution in [-0.4, -0.2) is 17.3 Å². The zero-order valence-electron chi connectivity index (χ0n) is 7.57. The highest BCUT2D eigenvalue weighted by atomic mass is 32.1. The van der Waals surface area contributed by atoms with Gasteiger partial charge in [-0.05, 0) is 19.5 Å². The molecule has 2 heteroatoms. The van der Waals surface area contributed by atoms with E-state index in [0.29, 0.717) is 5.37 Å². The topological polar surface area (TPSA) is 3.24 Å². The van der Waals surface area contributed by atoms with Crippen LogP contribution in [0.15, 0.2) is 30.3 Å². The van der Waals surface area contributed by atoms with E-state index in [1.807, 2.05) is 6.07 Å². The molecule has 1 aromatic carbocycles. The summed E-state index contributed by atoms with van der Waals surface area (Å²) in [5.74, 6) is 0. The van der Waals surface area contributed by atoms with Gasteiger partial charge in [-0.2, -0.15) is 12.6 Å². The van der Waals surface area contributed by atoms with Gasteiger partial charge in [-0.3, -0.25) is 4.90 Å². The molecular weight excluding hydrogens is 166 g/mol. The summed E-state index contributed by atoms with van der Waals surface area (Å²) in [5.41, 5.74) is 1.33. The van der Waals surface area contributed by atoms with Crippen molar-refractivity contribution in [2.24, 2.45) is 0 Å². The molecule has 0 spiro atoms. The van der Waals surface area contributed by atoms with Crippen LogP contribution in [0.5, 0.6) is 0 Å². The molecule has 0 heterocycles. The minimum Gasteiger partial charge on any atom is -0.291 e. The summed E-state index contributed by atoms with van der Waals surface area (Å²) in [6.45, 7) is 3.04. The maximum Gasteiger partial charge on any atom is 0.0499 e. The van der Waals surface area contributed by atoms with Crippen LogP contribution < -0.4 is 0 Å². The van der Waals surface area contributed by atoms with Crippen LogP contribution in [0.25, 0.3) is 0 Å². The maximum atomic E-state index is 4.35. The van der Waals surface area contributed by atoms with Crippen LogP contribution in [0.2, 0.25) is 0 Å². The molecule has 0 aromatic heterocycles. The van der Waals surface area contributed by atoms with E-state index in [2.05, 4.69) is 55.8 Å². The van der Waals surface area contributed by atoms with Crippen molar-refractivity contribution in [1.82, 2.24) is 4.90 Å². The Hall–Kier alpha value is -0.470. The number of rotatable bonds is 3. The third kappa shape index (κ3) is 2.88. The lowest BCUT2D eigenvalue weighted by molar-refractivity contribution is 0.322. The Morgan fingerprint density at radius 3 is 2.42 bits per heavy atom. The number of thiol groups is 1. The monoisotopic (exact) mass is 181 g/mol. The Bertz CT molecular complexity index is 221. The van der Waals surface area contributed by atoms with Crippen molar-refractivity contribution in [1.29, 1.82) is 0 Å². The average molecular weight is 181 g/mol. The number of hydrogen-bond donors (Lipinski definition) is 1. The first-order valence-corrected chi connectivity index (χ1v) is 4.64. The van der Waals surface area contributed by atoms with Gasteiger partial charge in [-0.1, -0.05) is 30.3 Å². The molecule has 0 fully saturated rings. The predicted octanol–water partition coefficient (Wildman–Crippen LogP) is 2.39. The van der Waals surface area contributed by atoms with Crippen LogP contribution in [-0.2, 0) is 6.54 Å². The zero-order chi connectivity index (χ0) is 8.97. The minimum absolute atomic E-state index is 0.310. The van der Waals surface area contributed by atoms with Gasteiger partial charge in [0.05, 0.1) is 0 Å². The van der Waals surface area contributed by atoms with Crippen LogP contribution in [0, 0.1) is 0 Å². The van der Waals surface area contributed by atoms with Crippen molar-refractivity contribution in [3.05, 3.63) is 35.9 Å². The van der Waals surface area contributed by atoms with Crippen molar-refractivity contribution >= 4 is 12.6 Å². The van der Waals surface area contributed by atoms with Gasteiger partial charge >= 0.3 is 0 Å². The zero-order valence-corrected chi connectivity index (χ0v) is 8.46. The highest BCUT2D eigenvalue weighted by Gasteiger charge is 2.03. The molecule has 12 heavy (non-hydrogen) atoms. The molecule has 1 unspecified atom stereocenters. The standard InChI is InChI=1S/C10H15NS/c1-9(12)11(2)8-10-6-4-3-5-7-10/h3-7,9,12H,8H2,1-2H3. The second-order valence-corrected chi connectivity index (χ2v) is 3.78. The summed E-state index contributed by atoms with van der Waals surface area (Å²) in [7, 11) is 2.07. The number of benzene rings is 1. The molecule has 1 rings (SSSR count). The molecule has 1 nitrogen and oxygen atoms in total. The first-order chi connectivity index (χ1) is 5.70. The average Bonchev–Trinajstić information content (AvgIpc) is 2.06. The van der Waals surface area contributed by atoms with E-state index in [9.17, 15) is 0 Å². The second-order valence-electron chi connectivity index (χ2n) is 3.03. The van der Waals surface area contributed by atoms with E-state index in [1.54, 1.807) is 0 Å². The van der Waals surface area contributed by atoms with Crippen LogP contribution in [0.4, 0.5) is 0 Å². The van der Waals surface area contributed by atoms with Gasteiger partial charge in [0.15, 0.2) is 0 Å². The van der Waals surface area contributed by atoms with Crippen molar-refractivity contribution < 1.29 is 0 Å². The molecule has 0 radical (unpaired) electrons. The van der Waals surface area contributed by atoms with E-state index >= 15 is 0 Å². The summed E-state index contributed by atoms with van der Waals surface area (Å²) < 4.78 is 0. The molecule has 1 atom stereocenters. The third-order valence-electron chi connectivity index (χ3n) is 1.91. The van der Waals surface area contributed by atoms with Gasteiger partial charge in [0, 0.05) is 11.9 Å². The molecule has 0 aliphatic heterocycles. The van der Waals surface area contributed by atoms with Gasteiger partial charge in [-0.15, -0.1) is 0 Å². The predicted molar refractivity (Wildman–Crippen MR) is 56.4 cm³/mol. The lowest BCUT2D eigenvalue weighted by Crippen LogP contribution is -2.23. The van der Waals surface area contributed by atoms with Gasteiger partial charge in [0.25, 0.3) is 0 Å². The molecular formula is C10H15NS. The summed E-state index contributed by atoms with van der Waals surface area (Å²) in [6.07, 6.45) is 0. The van der Waals surface area contributed by atoms with Crippen molar-refractivity contribution in [2.75, 3.05) is 7.05 Å². The molecule has 0 aliphatic rings. The highest BCUT2D eigenvalue weighted by Crippen LogP contribution is 2.07. The van der Waals surface area contributed by atoms with Gasteiger partial charge in [-0.25, -0.2) is 0 Å². The van der Waals surface area contributed by atoms with E-state index in [0.717, 1.165) is 6.54 Å². The van der Waals surface area contributed by atoms with Crippen molar-refractivity contribution in [3.63, 3.8) is 0 Å². The quantitative estimate of drug-likeness (QED) is 0.553. The van der Waals surface area contributed by atoms with Gasteiger partial charge in [0.1, 0.15) is 0 Å². The fraction of sp³-hybridized carbons (Fsp3) is 0.400. The smallest absolute Gasteiger partial charge is 0.0499 e. The Labute approximate surface area is 79.8 Å². The summed E-state index contributed by atoms with van der Waals surface area (Å²) in [6, 6.07) is 10.4. The lowest BCUT2D eigenvalue weighted by atomic mass is 10.2. The van der Waals surface area contributed by atoms with Crippen molar-refractivity contribution in [3.8, 4) is 0 Å². The maximum absolute atomic E-state index is 4.35. The first-order valence-electron chi connectivity index (χ1n) is 4.12. The summed E-state index contributed by atoms with van der Waals surface area (Å²) >= 11 is 4.35. The Morgan fingerprint density at radius 1 is 1.33 bits per heavy atom. The third-order valence-corrected chi connectivity index (χ3v) is 2.31. The van der Waals surface area contributed by atoms with Crippen LogP contribution in [0.1, 0.15) is 12.5 Å². The Kier molecular flexibility index (Phi) is 3.63. The largest absolute Gasteiger partial charge is 0.291 e. The molecule has 0 saturated carbocycles. The normalized spacial score (nSPS) is 13.3. The molecule has 0 amide bonds. The van der Waals surface area contributed by atoms with E-state index < -0.39 is 0 Å². The minimum atomic E-state index is 0.310. The fourth-order valence-corrected chi connectivity index (χ4v) is 1.09. The van der Waals surface area contributed by atoms with Crippen LogP contribution in [0.3, 0.4) is 0 Å². The lowest BCUT2D eigenvalue weighted by Gasteiger charge is -2.19. The van der Waals surface area contributed by atoms with Crippen molar-refractivity contribution in [2.45, 2.75) is 18.8 Å². The molecule has 0 N–H and O–H groups in total. The first kappa shape index (κ1) is 9.62. The SMILES string of the molecule is CC(S)N(C)Cc1ccccc1. The molecule has 0 bridgehead atoms. The summed E-state index contributed by atoms with van der Waals surface area (Å²) in [4.78, 5) is 2.19. The Balaban J connectivity index is 2.53. The summed E-state index contributed by atoms with van der Waals surface area (Å²) in [5, 5.41) is 0.310. The fourth-order valence-electron chi connectivity index (χ4n) is 1.00. The van der Waals surface area contributed by atoms with E-state index in [1.165, 1.54) is 5.56 Å². The Morgan fingerprint density at radius 2 is 1.92 bits per heavy atom. The molecule has 1 aromatic rings. The molecule has 66 valence electrons. The molecule has 0 saturated heterocycles.